The molecule has 128 valence electrons. The first-order valence-electron chi connectivity index (χ1n) is 7.84. The fourth-order valence-electron chi connectivity index (χ4n) is 1.76. The van der Waals surface area contributed by atoms with Crippen molar-refractivity contribution in [2.24, 2.45) is 0 Å². The molecule has 0 aromatic heterocycles. The van der Waals surface area contributed by atoms with Gasteiger partial charge in [-0.1, -0.05) is 44.9 Å². The van der Waals surface area contributed by atoms with Crippen molar-refractivity contribution in [2.45, 2.75) is 51.4 Å². The van der Waals surface area contributed by atoms with Gasteiger partial charge in [-0.15, -0.1) is 0 Å². The van der Waals surface area contributed by atoms with E-state index < -0.39 is 15.9 Å². The largest absolute Gasteiger partial charge is 0.472 e. The Labute approximate surface area is 131 Å². The summed E-state index contributed by atoms with van der Waals surface area (Å²) >= 11 is 0. The summed E-state index contributed by atoms with van der Waals surface area (Å²) in [7, 11) is 1.23. The van der Waals surface area contributed by atoms with Gasteiger partial charge in [-0.05, 0) is 6.42 Å². The minimum absolute atomic E-state index is 0.230. The highest BCUT2D eigenvalue weighted by Gasteiger charge is 2.22. The fourth-order valence-corrected chi connectivity index (χ4v) is 3.82. The van der Waals surface area contributed by atoms with Gasteiger partial charge in [-0.25, -0.2) is 4.57 Å². The summed E-state index contributed by atoms with van der Waals surface area (Å²) in [5, 5.41) is 0. The number of phosphoric acid groups is 1. The molecule has 1 unspecified atom stereocenters. The van der Waals surface area contributed by atoms with Crippen LogP contribution in [0.3, 0.4) is 0 Å². The second-order valence-corrected chi connectivity index (χ2v) is 14.9. The third kappa shape index (κ3) is 16.5. The molecule has 0 rings (SSSR count). The zero-order valence-corrected chi connectivity index (χ0v) is 16.6. The van der Waals surface area contributed by atoms with E-state index in [-0.39, 0.29) is 6.61 Å². The van der Waals surface area contributed by atoms with Gasteiger partial charge in [0.1, 0.15) is 13.2 Å². The molecule has 0 saturated heterocycles. The Morgan fingerprint density at radius 3 is 2.00 bits per heavy atom. The van der Waals surface area contributed by atoms with E-state index in [1.54, 1.807) is 0 Å². The van der Waals surface area contributed by atoms with E-state index in [1.165, 1.54) is 18.9 Å². The molecule has 0 radical (unpaired) electrons. The van der Waals surface area contributed by atoms with Crippen LogP contribution >= 0.6 is 7.82 Å². The van der Waals surface area contributed by atoms with Crippen LogP contribution in [0.2, 0.25) is 25.7 Å². The average molecular weight is 340 g/mol. The van der Waals surface area contributed by atoms with Crippen molar-refractivity contribution in [3.8, 4) is 0 Å². The molecule has 1 N–H and O–H groups in total. The van der Waals surface area contributed by atoms with E-state index in [0.717, 1.165) is 12.8 Å². The van der Waals surface area contributed by atoms with Crippen molar-refractivity contribution < 1.29 is 23.0 Å². The van der Waals surface area contributed by atoms with Gasteiger partial charge in [0.15, 0.2) is 0 Å². The number of nitrogens with zero attached hydrogens (tertiary/aromatic N) is 1. The van der Waals surface area contributed by atoms with Crippen molar-refractivity contribution in [1.82, 2.24) is 0 Å². The van der Waals surface area contributed by atoms with Crippen LogP contribution < -0.4 is 0 Å². The lowest BCUT2D eigenvalue weighted by Crippen LogP contribution is -2.37. The number of phosphoric ester groups is 1. The van der Waals surface area contributed by atoms with E-state index >= 15 is 0 Å². The van der Waals surface area contributed by atoms with Gasteiger partial charge < -0.3 is 9.38 Å². The molecule has 1 atom stereocenters. The molecule has 0 aliphatic rings. The van der Waals surface area contributed by atoms with Crippen molar-refractivity contribution in [2.75, 3.05) is 40.9 Å². The number of unbranched alkanes of at least 4 members (excludes halogenated alkanes) is 3. The van der Waals surface area contributed by atoms with Gasteiger partial charge >= 0.3 is 7.82 Å². The molecule has 0 heterocycles. The van der Waals surface area contributed by atoms with Crippen molar-refractivity contribution >= 4 is 15.9 Å². The summed E-state index contributed by atoms with van der Waals surface area (Å²) in [4.78, 5) is 9.53. The maximum atomic E-state index is 11.6. The summed E-state index contributed by atoms with van der Waals surface area (Å²) in [6, 6.07) is 1.35. The number of quaternary nitrogens is 1. The van der Waals surface area contributed by atoms with Gasteiger partial charge in [0.25, 0.3) is 0 Å². The highest BCUT2D eigenvalue weighted by Crippen LogP contribution is 2.43. The first-order chi connectivity index (χ1) is 9.41. The van der Waals surface area contributed by atoms with E-state index in [9.17, 15) is 9.46 Å². The lowest BCUT2D eigenvalue weighted by atomic mass is 10.2. The Morgan fingerprint density at radius 1 is 0.952 bits per heavy atom. The quantitative estimate of drug-likeness (QED) is 0.255. The van der Waals surface area contributed by atoms with Crippen LogP contribution in [0.25, 0.3) is 0 Å². The molecule has 0 bridgehead atoms. The van der Waals surface area contributed by atoms with Gasteiger partial charge in [-0.2, -0.15) is 0 Å². The normalized spacial score (nSPS) is 16.0. The van der Waals surface area contributed by atoms with Gasteiger partial charge in [0, 0.05) is 8.07 Å². The Bertz CT molecular complexity index is 326. The summed E-state index contributed by atoms with van der Waals surface area (Å²) < 4.78 is 22.3. The zero-order chi connectivity index (χ0) is 16.6. The number of hydrogen-bond acceptors (Lipinski definition) is 3. The molecule has 0 amide bonds. The summed E-state index contributed by atoms with van der Waals surface area (Å²) in [5.74, 6) is 0. The smallest absolute Gasteiger partial charge is 0.329 e. The van der Waals surface area contributed by atoms with Crippen LogP contribution in [-0.2, 0) is 13.6 Å². The average Bonchev–Trinajstić information content (AvgIpc) is 2.23. The molecule has 0 aromatic carbocycles. The van der Waals surface area contributed by atoms with E-state index in [4.69, 9.17) is 9.05 Å². The summed E-state index contributed by atoms with van der Waals surface area (Å²) in [5.41, 5.74) is 0. The van der Waals surface area contributed by atoms with Crippen LogP contribution in [0.1, 0.15) is 25.7 Å². The maximum absolute atomic E-state index is 11.6. The van der Waals surface area contributed by atoms with Gasteiger partial charge in [-0.3, -0.25) is 9.05 Å². The molecule has 0 aliphatic carbocycles. The molecule has 5 nitrogen and oxygen atoms in total. The molecule has 0 fully saturated rings. The number of likely N-dealkylation sites (N-methyl/N-ethyl adjacent to an activating group) is 1. The number of hydrogen-bond donors (Lipinski definition) is 1. The van der Waals surface area contributed by atoms with Crippen molar-refractivity contribution in [3.63, 3.8) is 0 Å². The van der Waals surface area contributed by atoms with Gasteiger partial charge in [0.2, 0.25) is 0 Å². The third-order valence-corrected chi connectivity index (χ3v) is 5.96. The molecule has 7 heteroatoms. The SMILES string of the molecule is C[N+](C)(C)CCOP(=O)(O)OCCCCCC[Si](C)(C)C. The van der Waals surface area contributed by atoms with E-state index in [1.807, 2.05) is 21.1 Å². The summed E-state index contributed by atoms with van der Waals surface area (Å²) in [6.07, 6.45) is 4.29. The predicted molar refractivity (Wildman–Crippen MR) is 91.2 cm³/mol. The Balaban J connectivity index is 3.60. The Morgan fingerprint density at radius 2 is 1.48 bits per heavy atom. The first kappa shape index (κ1) is 21.3. The van der Waals surface area contributed by atoms with E-state index in [2.05, 4.69) is 19.6 Å². The predicted octanol–water partition coefficient (Wildman–Crippen LogP) is 3.72. The van der Waals surface area contributed by atoms with E-state index in [0.29, 0.717) is 17.6 Å². The lowest BCUT2D eigenvalue weighted by molar-refractivity contribution is -0.870. The lowest BCUT2D eigenvalue weighted by Gasteiger charge is -2.24. The van der Waals surface area contributed by atoms with Crippen LogP contribution in [0.4, 0.5) is 0 Å². The molecule has 0 aromatic rings. The fraction of sp³-hybridized carbons (Fsp3) is 1.00. The Kier molecular flexibility index (Phi) is 9.56. The zero-order valence-electron chi connectivity index (χ0n) is 14.7. The minimum Gasteiger partial charge on any atom is -0.329 e. The summed E-state index contributed by atoms with van der Waals surface area (Å²) in [6.45, 7) is 8.34. The van der Waals surface area contributed by atoms with Crippen molar-refractivity contribution in [1.29, 1.82) is 0 Å². The first-order valence-corrected chi connectivity index (χ1v) is 13.0. The molecular formula is C14H35NO4PSi+. The van der Waals surface area contributed by atoms with Crippen molar-refractivity contribution in [3.05, 3.63) is 0 Å². The van der Waals surface area contributed by atoms with Crippen LogP contribution in [0, 0.1) is 0 Å². The number of rotatable bonds is 12. The van der Waals surface area contributed by atoms with Crippen LogP contribution in [0.15, 0.2) is 0 Å². The molecule has 0 saturated carbocycles. The second-order valence-electron chi connectivity index (χ2n) is 7.87. The molecular weight excluding hydrogens is 305 g/mol. The minimum atomic E-state index is -3.86. The van der Waals surface area contributed by atoms with Crippen LogP contribution in [0.5, 0.6) is 0 Å². The maximum Gasteiger partial charge on any atom is 0.472 e. The highest BCUT2D eigenvalue weighted by atomic mass is 31.2. The Hall–Kier alpha value is 0.287. The highest BCUT2D eigenvalue weighted by molar-refractivity contribution is 7.47. The molecule has 0 aliphatic heterocycles. The third-order valence-electron chi connectivity index (χ3n) is 3.09. The second kappa shape index (κ2) is 9.43. The topological polar surface area (TPSA) is 55.8 Å². The van der Waals surface area contributed by atoms with Gasteiger partial charge in [0.05, 0.1) is 27.7 Å². The molecule has 21 heavy (non-hydrogen) atoms. The monoisotopic (exact) mass is 340 g/mol. The standard InChI is InChI=1S/C14H34NO4PSi/c1-15(2,3)11-13-19-20(16,17)18-12-9-7-8-10-14-21(4,5)6/h7-14H2,1-6H3/p+1. The molecule has 0 spiro atoms. The van der Waals surface area contributed by atoms with Crippen LogP contribution in [-0.4, -0.2) is 58.4 Å².